The lowest BCUT2D eigenvalue weighted by Crippen LogP contribution is -3.00. The standard InChI is InChI=1S/C47H52ClN2O2.HI/c1-32(52)14-7-6-12-29-49-39-25-21-33-15-8-10-19-37(33)43(39)46(2,3)41(49)27-23-35-17-13-18-36(45(35)48)24-28-42-47(4,5)44-38-20-11-9-16-34(38)22-26-40(44)50(42)30-31-51;/h8-11,15-16,19-28,51H,6-7,12-14,17-18,29-31H2,1-5H3;1H/q+1;/p-1. The lowest BCUT2D eigenvalue weighted by Gasteiger charge is -2.27. The fraction of sp³-hybridized carbons (Fsp3) is 0.362. The van der Waals surface area contributed by atoms with E-state index in [1.54, 1.807) is 6.92 Å². The topological polar surface area (TPSA) is 43.5 Å². The zero-order valence-corrected chi connectivity index (χ0v) is 34.7. The SMILES string of the molecule is CC(=O)CCCCC[N+]1=C(C=CC2=C(Cl)C(=CC=C3N(CCO)c4ccc5ccccc5c4C3(C)C)CCC2)C(C)(C)c2c1ccc1ccccc21.[I-]. The molecule has 4 nitrogen and oxygen atoms in total. The minimum absolute atomic E-state index is 0. The Morgan fingerprint density at radius 1 is 0.830 bits per heavy atom. The van der Waals surface area contributed by atoms with Crippen LogP contribution >= 0.6 is 11.6 Å². The molecule has 0 saturated heterocycles. The number of carbonyl (C=O) groups is 1. The molecular weight excluding hydrogens is 787 g/mol. The van der Waals surface area contributed by atoms with E-state index in [9.17, 15) is 9.90 Å². The van der Waals surface area contributed by atoms with Crippen molar-refractivity contribution in [3.8, 4) is 0 Å². The van der Waals surface area contributed by atoms with Crippen LogP contribution in [0.15, 0.2) is 119 Å². The van der Waals surface area contributed by atoms with E-state index < -0.39 is 0 Å². The molecule has 1 N–H and O–H groups in total. The molecule has 0 atom stereocenters. The highest BCUT2D eigenvalue weighted by Gasteiger charge is 2.45. The summed E-state index contributed by atoms with van der Waals surface area (Å²) in [7, 11) is 0. The van der Waals surface area contributed by atoms with E-state index in [1.165, 1.54) is 61.0 Å². The van der Waals surface area contributed by atoms with Gasteiger partial charge in [0.15, 0.2) is 5.71 Å². The number of hydrogen-bond acceptors (Lipinski definition) is 3. The van der Waals surface area contributed by atoms with E-state index in [2.05, 4.69) is 134 Å². The molecule has 0 radical (unpaired) electrons. The highest BCUT2D eigenvalue weighted by molar-refractivity contribution is 6.32. The Kier molecular flexibility index (Phi) is 11.9. The number of aliphatic hydroxyl groups is 1. The van der Waals surface area contributed by atoms with E-state index in [4.69, 9.17) is 11.6 Å². The average Bonchev–Trinajstić information content (AvgIpc) is 3.48. The Balaban J connectivity index is 0.00000481. The largest absolute Gasteiger partial charge is 1.00 e. The number of hydrogen-bond donors (Lipinski definition) is 1. The Bertz CT molecular complexity index is 2220. The molecule has 0 amide bonds. The second kappa shape index (κ2) is 16.1. The molecule has 3 aliphatic rings. The number of β-amino-alcohol motifs (C(OH)–C–C–N with tert-alkyl or cyclic N) is 1. The Labute approximate surface area is 337 Å². The van der Waals surface area contributed by atoms with Gasteiger partial charge in [0.05, 0.1) is 12.0 Å². The minimum atomic E-state index is -0.241. The summed E-state index contributed by atoms with van der Waals surface area (Å²) in [4.78, 5) is 13.9. The van der Waals surface area contributed by atoms with Gasteiger partial charge in [-0.25, -0.2) is 0 Å². The molecule has 0 bridgehead atoms. The number of Topliss-reactive ketones (excluding diaryl/α,β-unsaturated/α-hetero) is 1. The van der Waals surface area contributed by atoms with Crippen LogP contribution in [-0.2, 0) is 15.6 Å². The second-order valence-electron chi connectivity index (χ2n) is 15.8. The predicted octanol–water partition coefficient (Wildman–Crippen LogP) is 8.36. The van der Waals surface area contributed by atoms with Crippen molar-refractivity contribution >= 4 is 56.0 Å². The normalized spacial score (nSPS) is 19.2. The molecule has 2 heterocycles. The third kappa shape index (κ3) is 7.34. The number of aliphatic hydroxyl groups excluding tert-OH is 1. The molecule has 6 heteroatoms. The van der Waals surface area contributed by atoms with E-state index in [0.717, 1.165) is 55.7 Å². The predicted molar refractivity (Wildman–Crippen MR) is 219 cm³/mol. The number of rotatable bonds is 11. The number of ketones is 1. The maximum atomic E-state index is 11.6. The summed E-state index contributed by atoms with van der Waals surface area (Å²) < 4.78 is 2.52. The lowest BCUT2D eigenvalue weighted by molar-refractivity contribution is -0.438. The van der Waals surface area contributed by atoms with Gasteiger partial charge in [0.1, 0.15) is 12.3 Å². The number of carbonyl (C=O) groups excluding carboxylic acids is 1. The van der Waals surface area contributed by atoms with Gasteiger partial charge < -0.3 is 38.8 Å². The average molecular weight is 839 g/mol. The van der Waals surface area contributed by atoms with Crippen LogP contribution in [0.5, 0.6) is 0 Å². The number of nitrogens with zero attached hydrogens (tertiary/aromatic N) is 2. The van der Waals surface area contributed by atoms with Gasteiger partial charge in [0.25, 0.3) is 0 Å². The van der Waals surface area contributed by atoms with Crippen LogP contribution in [0.2, 0.25) is 0 Å². The Morgan fingerprint density at radius 2 is 1.51 bits per heavy atom. The van der Waals surface area contributed by atoms with Gasteiger partial charge in [-0.3, -0.25) is 0 Å². The summed E-state index contributed by atoms with van der Waals surface area (Å²) in [5, 5.41) is 16.0. The van der Waals surface area contributed by atoms with Crippen LogP contribution in [0, 0.1) is 0 Å². The van der Waals surface area contributed by atoms with Crippen molar-refractivity contribution in [2.24, 2.45) is 0 Å². The van der Waals surface area contributed by atoms with E-state index in [-0.39, 0.29) is 47.2 Å². The minimum Gasteiger partial charge on any atom is -1.00 e. The fourth-order valence-corrected chi connectivity index (χ4v) is 9.36. The van der Waals surface area contributed by atoms with E-state index >= 15 is 0 Å². The second-order valence-corrected chi connectivity index (χ2v) is 16.2. The molecule has 0 fully saturated rings. The number of halogens is 2. The van der Waals surface area contributed by atoms with Gasteiger partial charge in [-0.1, -0.05) is 92.2 Å². The highest BCUT2D eigenvalue weighted by atomic mass is 127. The first-order valence-corrected chi connectivity index (χ1v) is 19.5. The lowest BCUT2D eigenvalue weighted by atomic mass is 9.78. The molecule has 2 aliphatic heterocycles. The molecule has 0 spiro atoms. The van der Waals surface area contributed by atoms with Crippen LogP contribution < -0.4 is 28.9 Å². The number of fused-ring (bicyclic) bond motifs is 6. The molecule has 4 aromatic carbocycles. The van der Waals surface area contributed by atoms with Crippen molar-refractivity contribution in [2.45, 2.75) is 90.4 Å². The number of allylic oxidation sites excluding steroid dienone is 8. The molecule has 276 valence electrons. The van der Waals surface area contributed by atoms with Gasteiger partial charge in [-0.15, -0.1) is 0 Å². The van der Waals surface area contributed by atoms with Gasteiger partial charge in [-0.05, 0) is 109 Å². The Morgan fingerprint density at radius 3 is 2.21 bits per heavy atom. The quantitative estimate of drug-likeness (QED) is 0.0939. The summed E-state index contributed by atoms with van der Waals surface area (Å²) in [5.74, 6) is 0.268. The van der Waals surface area contributed by atoms with Crippen molar-refractivity contribution < 1.29 is 38.5 Å². The zero-order chi connectivity index (χ0) is 36.6. The maximum Gasteiger partial charge on any atom is 0.210 e. The summed E-state index contributed by atoms with van der Waals surface area (Å²) in [6.07, 6.45) is 15.7. The maximum absolute atomic E-state index is 11.6. The molecule has 0 unspecified atom stereocenters. The number of anilines is 1. The highest BCUT2D eigenvalue weighted by Crippen LogP contribution is 2.51. The Hall–Kier alpha value is -3.52. The third-order valence-corrected chi connectivity index (χ3v) is 12.1. The third-order valence-electron chi connectivity index (χ3n) is 11.6. The van der Waals surface area contributed by atoms with Crippen molar-refractivity contribution in [1.29, 1.82) is 0 Å². The summed E-state index contributed by atoms with van der Waals surface area (Å²) >= 11 is 7.30. The summed E-state index contributed by atoms with van der Waals surface area (Å²) in [6.45, 7) is 12.5. The molecule has 53 heavy (non-hydrogen) atoms. The molecule has 0 aromatic heterocycles. The van der Waals surface area contributed by atoms with Crippen LogP contribution in [0.3, 0.4) is 0 Å². The van der Waals surface area contributed by atoms with Crippen molar-refractivity contribution in [3.05, 3.63) is 130 Å². The van der Waals surface area contributed by atoms with Gasteiger partial charge in [0.2, 0.25) is 5.69 Å². The van der Waals surface area contributed by atoms with Crippen LogP contribution in [0.4, 0.5) is 11.4 Å². The van der Waals surface area contributed by atoms with Crippen LogP contribution in [-0.4, -0.2) is 40.9 Å². The van der Waals surface area contributed by atoms with Gasteiger partial charge in [-0.2, -0.15) is 4.58 Å². The van der Waals surface area contributed by atoms with Crippen molar-refractivity contribution in [3.63, 3.8) is 0 Å². The first-order chi connectivity index (χ1) is 25.0. The van der Waals surface area contributed by atoms with Crippen LogP contribution in [0.1, 0.15) is 90.7 Å². The van der Waals surface area contributed by atoms with E-state index in [0.29, 0.717) is 13.0 Å². The zero-order valence-electron chi connectivity index (χ0n) is 31.8. The molecule has 1 aliphatic carbocycles. The first-order valence-electron chi connectivity index (χ1n) is 19.1. The molecule has 4 aromatic rings. The summed E-state index contributed by atoms with van der Waals surface area (Å²) in [5.41, 5.74) is 9.52. The van der Waals surface area contributed by atoms with E-state index in [1.807, 2.05) is 0 Å². The van der Waals surface area contributed by atoms with Gasteiger partial charge >= 0.3 is 0 Å². The van der Waals surface area contributed by atoms with Crippen LogP contribution in [0.25, 0.3) is 21.5 Å². The molecule has 0 saturated carbocycles. The number of benzene rings is 4. The molecule has 7 rings (SSSR count). The fourth-order valence-electron chi connectivity index (χ4n) is 9.04. The van der Waals surface area contributed by atoms with Crippen molar-refractivity contribution in [1.82, 2.24) is 0 Å². The first kappa shape index (κ1) is 39.2. The van der Waals surface area contributed by atoms with Gasteiger partial charge in [0, 0.05) is 58.9 Å². The smallest absolute Gasteiger partial charge is 0.210 e. The van der Waals surface area contributed by atoms with Crippen molar-refractivity contribution in [2.75, 3.05) is 24.6 Å². The summed E-state index contributed by atoms with van der Waals surface area (Å²) in [6, 6.07) is 26.3. The number of unbranched alkanes of at least 4 members (excludes halogenated alkanes) is 2. The molecular formula is C47H52ClIN2O2. The monoisotopic (exact) mass is 838 g/mol.